The second-order valence-electron chi connectivity index (χ2n) is 7.25. The molecule has 2 heterocycles. The van der Waals surface area contributed by atoms with Gasteiger partial charge in [-0.15, -0.1) is 0 Å². The molecule has 5 heteroatoms. The van der Waals surface area contributed by atoms with Crippen molar-refractivity contribution in [3.05, 3.63) is 34.9 Å². The van der Waals surface area contributed by atoms with Crippen molar-refractivity contribution in [3.63, 3.8) is 0 Å². The summed E-state index contributed by atoms with van der Waals surface area (Å²) >= 11 is 0. The number of aryl methyl sites for hydroxylation is 2. The molecule has 0 aromatic heterocycles. The van der Waals surface area contributed by atoms with Crippen LogP contribution in [0.1, 0.15) is 36.5 Å². The van der Waals surface area contributed by atoms with Crippen molar-refractivity contribution in [1.29, 1.82) is 0 Å². The molecular formula is C20H32N4O. The van der Waals surface area contributed by atoms with Crippen molar-refractivity contribution in [2.45, 2.75) is 52.3 Å². The molecule has 2 aliphatic rings. The van der Waals surface area contributed by atoms with E-state index in [2.05, 4.69) is 54.5 Å². The maximum absolute atomic E-state index is 6.03. The summed E-state index contributed by atoms with van der Waals surface area (Å²) in [4.78, 5) is 7.33. The second kappa shape index (κ2) is 8.68. The Morgan fingerprint density at radius 2 is 2.20 bits per heavy atom. The third-order valence-corrected chi connectivity index (χ3v) is 5.21. The minimum atomic E-state index is 0.249. The fourth-order valence-corrected chi connectivity index (χ4v) is 3.75. The SMILES string of the molecule is CCNC(=NCc1ccc(C)cc1C)NCC1CN2CCCC2CO1. The summed E-state index contributed by atoms with van der Waals surface area (Å²) in [6, 6.07) is 7.20. The molecule has 5 nitrogen and oxygen atoms in total. The predicted molar refractivity (Wildman–Crippen MR) is 103 cm³/mol. The Balaban J connectivity index is 1.53. The van der Waals surface area contributed by atoms with Gasteiger partial charge in [-0.05, 0) is 51.3 Å². The van der Waals surface area contributed by atoms with E-state index >= 15 is 0 Å². The van der Waals surface area contributed by atoms with E-state index in [9.17, 15) is 0 Å². The topological polar surface area (TPSA) is 48.9 Å². The molecule has 1 aromatic carbocycles. The average Bonchev–Trinajstić information content (AvgIpc) is 3.06. The Labute approximate surface area is 151 Å². The van der Waals surface area contributed by atoms with E-state index in [0.29, 0.717) is 12.6 Å². The smallest absolute Gasteiger partial charge is 0.191 e. The lowest BCUT2D eigenvalue weighted by atomic mass is 10.1. The van der Waals surface area contributed by atoms with Crippen LogP contribution in [-0.4, -0.2) is 55.8 Å². The predicted octanol–water partition coefficient (Wildman–Crippen LogP) is 2.22. The number of fused-ring (bicyclic) bond motifs is 1. The van der Waals surface area contributed by atoms with E-state index in [-0.39, 0.29) is 6.10 Å². The lowest BCUT2D eigenvalue weighted by Gasteiger charge is -2.35. The highest BCUT2D eigenvalue weighted by atomic mass is 16.5. The van der Waals surface area contributed by atoms with Gasteiger partial charge in [0.25, 0.3) is 0 Å². The van der Waals surface area contributed by atoms with Crippen LogP contribution in [0.2, 0.25) is 0 Å². The third-order valence-electron chi connectivity index (χ3n) is 5.21. The van der Waals surface area contributed by atoms with Gasteiger partial charge in [0.15, 0.2) is 5.96 Å². The van der Waals surface area contributed by atoms with Crippen molar-refractivity contribution in [3.8, 4) is 0 Å². The number of hydrogen-bond donors (Lipinski definition) is 2. The first kappa shape index (κ1) is 18.2. The minimum Gasteiger partial charge on any atom is -0.373 e. The number of guanidine groups is 1. The van der Waals surface area contributed by atoms with Gasteiger partial charge in [0, 0.05) is 25.7 Å². The molecule has 0 aliphatic carbocycles. The first-order valence-corrected chi connectivity index (χ1v) is 9.59. The monoisotopic (exact) mass is 344 g/mol. The molecule has 2 atom stereocenters. The van der Waals surface area contributed by atoms with Crippen LogP contribution in [0.25, 0.3) is 0 Å². The number of benzene rings is 1. The maximum atomic E-state index is 6.03. The van der Waals surface area contributed by atoms with Crippen molar-refractivity contribution in [2.75, 3.05) is 32.8 Å². The first-order chi connectivity index (χ1) is 12.2. The Hall–Kier alpha value is -1.59. The minimum absolute atomic E-state index is 0.249. The number of nitrogens with zero attached hydrogens (tertiary/aromatic N) is 2. The molecule has 138 valence electrons. The molecule has 0 amide bonds. The summed E-state index contributed by atoms with van der Waals surface area (Å²) in [6.07, 6.45) is 2.85. The molecule has 3 rings (SSSR count). The third kappa shape index (κ3) is 4.95. The number of ether oxygens (including phenoxy) is 1. The molecule has 2 saturated heterocycles. The van der Waals surface area contributed by atoms with Gasteiger partial charge < -0.3 is 15.4 Å². The van der Waals surface area contributed by atoms with Gasteiger partial charge in [0.1, 0.15) is 0 Å². The number of hydrogen-bond acceptors (Lipinski definition) is 3. The molecule has 0 bridgehead atoms. The van der Waals surface area contributed by atoms with Gasteiger partial charge in [0.05, 0.1) is 19.3 Å². The van der Waals surface area contributed by atoms with Crippen LogP contribution < -0.4 is 10.6 Å². The maximum Gasteiger partial charge on any atom is 0.191 e. The fraction of sp³-hybridized carbons (Fsp3) is 0.650. The number of aliphatic imine (C=N–C) groups is 1. The molecule has 25 heavy (non-hydrogen) atoms. The van der Waals surface area contributed by atoms with Crippen LogP contribution in [0, 0.1) is 13.8 Å². The van der Waals surface area contributed by atoms with Crippen LogP contribution in [0.4, 0.5) is 0 Å². The lowest BCUT2D eigenvalue weighted by molar-refractivity contribution is -0.0453. The van der Waals surface area contributed by atoms with Crippen molar-refractivity contribution in [2.24, 2.45) is 4.99 Å². The van der Waals surface area contributed by atoms with Crippen LogP contribution >= 0.6 is 0 Å². The summed E-state index contributed by atoms with van der Waals surface area (Å²) in [5, 5.41) is 6.80. The highest BCUT2D eigenvalue weighted by molar-refractivity contribution is 5.79. The molecule has 2 unspecified atom stereocenters. The number of nitrogens with one attached hydrogen (secondary N) is 2. The van der Waals surface area contributed by atoms with Gasteiger partial charge in [-0.1, -0.05) is 23.8 Å². The Morgan fingerprint density at radius 3 is 3.00 bits per heavy atom. The molecule has 0 saturated carbocycles. The number of rotatable bonds is 5. The number of morpholine rings is 1. The zero-order chi connectivity index (χ0) is 17.6. The summed E-state index contributed by atoms with van der Waals surface area (Å²) < 4.78 is 6.03. The van der Waals surface area contributed by atoms with E-state index in [4.69, 9.17) is 9.73 Å². The van der Waals surface area contributed by atoms with E-state index in [1.807, 2.05) is 0 Å². The summed E-state index contributed by atoms with van der Waals surface area (Å²) in [6.45, 7) is 11.9. The second-order valence-corrected chi connectivity index (χ2v) is 7.25. The van der Waals surface area contributed by atoms with Crippen LogP contribution in [0.3, 0.4) is 0 Å². The van der Waals surface area contributed by atoms with Gasteiger partial charge in [-0.25, -0.2) is 4.99 Å². The zero-order valence-corrected chi connectivity index (χ0v) is 15.8. The van der Waals surface area contributed by atoms with Crippen LogP contribution in [-0.2, 0) is 11.3 Å². The standard InChI is InChI=1S/C20H32N4O/c1-4-21-20(22-11-17-8-7-15(2)10-16(17)3)23-12-19-13-24-9-5-6-18(24)14-25-19/h7-8,10,18-19H,4-6,9,11-14H2,1-3H3,(H2,21,22,23). The molecule has 0 spiro atoms. The first-order valence-electron chi connectivity index (χ1n) is 9.59. The van der Waals surface area contributed by atoms with E-state index in [1.54, 1.807) is 0 Å². The Morgan fingerprint density at radius 1 is 1.32 bits per heavy atom. The molecule has 1 aromatic rings. The van der Waals surface area contributed by atoms with Gasteiger partial charge in [-0.3, -0.25) is 4.90 Å². The van der Waals surface area contributed by atoms with Crippen molar-refractivity contribution in [1.82, 2.24) is 15.5 Å². The highest BCUT2D eigenvalue weighted by Crippen LogP contribution is 2.22. The van der Waals surface area contributed by atoms with Crippen LogP contribution in [0.5, 0.6) is 0 Å². The fourth-order valence-electron chi connectivity index (χ4n) is 3.75. The van der Waals surface area contributed by atoms with Gasteiger partial charge in [0.2, 0.25) is 0 Å². The summed E-state index contributed by atoms with van der Waals surface area (Å²) in [5.74, 6) is 0.870. The van der Waals surface area contributed by atoms with E-state index in [1.165, 1.54) is 36.1 Å². The van der Waals surface area contributed by atoms with E-state index in [0.717, 1.165) is 32.2 Å². The molecule has 2 aliphatic heterocycles. The molecule has 2 N–H and O–H groups in total. The van der Waals surface area contributed by atoms with Crippen LogP contribution in [0.15, 0.2) is 23.2 Å². The normalized spacial score (nSPS) is 24.2. The largest absolute Gasteiger partial charge is 0.373 e. The molecule has 0 radical (unpaired) electrons. The van der Waals surface area contributed by atoms with Gasteiger partial charge in [-0.2, -0.15) is 0 Å². The quantitative estimate of drug-likeness (QED) is 0.635. The molecular weight excluding hydrogens is 312 g/mol. The lowest BCUT2D eigenvalue weighted by Crippen LogP contribution is -2.51. The Kier molecular flexibility index (Phi) is 6.32. The molecule has 2 fully saturated rings. The highest BCUT2D eigenvalue weighted by Gasteiger charge is 2.32. The zero-order valence-electron chi connectivity index (χ0n) is 15.8. The Bertz CT molecular complexity index is 601. The van der Waals surface area contributed by atoms with Gasteiger partial charge >= 0.3 is 0 Å². The van der Waals surface area contributed by atoms with E-state index < -0.39 is 0 Å². The van der Waals surface area contributed by atoms with Crippen molar-refractivity contribution < 1.29 is 4.74 Å². The van der Waals surface area contributed by atoms with Crippen molar-refractivity contribution >= 4 is 5.96 Å². The summed E-state index contributed by atoms with van der Waals surface area (Å²) in [7, 11) is 0. The average molecular weight is 345 g/mol. The summed E-state index contributed by atoms with van der Waals surface area (Å²) in [5.41, 5.74) is 3.87.